The van der Waals surface area contributed by atoms with Crippen LogP contribution >= 0.6 is 0 Å². The van der Waals surface area contributed by atoms with Gasteiger partial charge in [-0.2, -0.15) is 0 Å². The van der Waals surface area contributed by atoms with Crippen LogP contribution in [0.3, 0.4) is 0 Å². The van der Waals surface area contributed by atoms with Gasteiger partial charge in [-0.05, 0) is 44.2 Å². The lowest BCUT2D eigenvalue weighted by Gasteiger charge is -2.46. The van der Waals surface area contributed by atoms with Crippen LogP contribution in [0.1, 0.15) is 49.8 Å². The van der Waals surface area contributed by atoms with Crippen LogP contribution in [0.4, 0.5) is 0 Å². The van der Waals surface area contributed by atoms with Crippen molar-refractivity contribution in [3.05, 3.63) is 53.6 Å². The van der Waals surface area contributed by atoms with Gasteiger partial charge >= 0.3 is 0 Å². The summed E-state index contributed by atoms with van der Waals surface area (Å²) in [6.07, 6.45) is 9.59. The summed E-state index contributed by atoms with van der Waals surface area (Å²) in [5.41, 5.74) is 4.17. The number of benzene rings is 1. The third kappa shape index (κ3) is 4.18. The van der Waals surface area contributed by atoms with Crippen molar-refractivity contribution in [2.75, 3.05) is 13.2 Å². The smallest absolute Gasteiger partial charge is 0.186 e. The average Bonchev–Trinajstić information content (AvgIpc) is 3.15. The van der Waals surface area contributed by atoms with Gasteiger partial charge < -0.3 is 14.0 Å². The van der Waals surface area contributed by atoms with Gasteiger partial charge in [-0.1, -0.05) is 37.6 Å². The summed E-state index contributed by atoms with van der Waals surface area (Å²) >= 11 is 0. The summed E-state index contributed by atoms with van der Waals surface area (Å²) in [7, 11) is 0. The Balaban J connectivity index is 1.75. The minimum Gasteiger partial charge on any atom is -0.347 e. The maximum atomic E-state index is 6.45. The number of hydrogen-bond donors (Lipinski definition) is 0. The molecule has 0 spiro atoms. The standard InChI is InChI=1S/C22H32N2O2/c1-5-21(6-2)15-25-22(26-16-21,14-24-12-11-23-17-24)10-9-20-8-7-18(3)13-19(20)4/h7-8,11-13,17H,5-6,9-10,14-16H2,1-4H3. The molecule has 142 valence electrons. The second-order valence-electron chi connectivity index (χ2n) is 7.86. The van der Waals surface area contributed by atoms with Crippen molar-refractivity contribution in [2.24, 2.45) is 5.41 Å². The lowest BCUT2D eigenvalue weighted by molar-refractivity contribution is -0.313. The molecule has 0 radical (unpaired) electrons. The molecule has 1 saturated heterocycles. The van der Waals surface area contributed by atoms with E-state index < -0.39 is 5.79 Å². The summed E-state index contributed by atoms with van der Waals surface area (Å²) in [5.74, 6) is -0.578. The van der Waals surface area contributed by atoms with Gasteiger partial charge in [0.2, 0.25) is 0 Å². The van der Waals surface area contributed by atoms with E-state index in [-0.39, 0.29) is 5.41 Å². The first-order valence-corrected chi connectivity index (χ1v) is 9.80. The summed E-state index contributed by atoms with van der Waals surface area (Å²) in [4.78, 5) is 4.17. The Bertz CT molecular complexity index is 695. The molecule has 3 rings (SSSR count). The van der Waals surface area contributed by atoms with Gasteiger partial charge in [0.1, 0.15) is 0 Å². The molecule has 1 aliphatic rings. The van der Waals surface area contributed by atoms with E-state index >= 15 is 0 Å². The molecule has 0 saturated carbocycles. The summed E-state index contributed by atoms with van der Waals surface area (Å²) < 4.78 is 15.0. The zero-order valence-corrected chi connectivity index (χ0v) is 16.6. The van der Waals surface area contributed by atoms with E-state index in [0.29, 0.717) is 6.54 Å². The highest BCUT2D eigenvalue weighted by atomic mass is 16.7. The molecule has 0 unspecified atom stereocenters. The highest BCUT2D eigenvalue weighted by Gasteiger charge is 2.43. The Morgan fingerprint density at radius 3 is 2.42 bits per heavy atom. The molecule has 0 N–H and O–H groups in total. The van der Waals surface area contributed by atoms with Crippen molar-refractivity contribution >= 4 is 0 Å². The summed E-state index contributed by atoms with van der Waals surface area (Å²) in [5, 5.41) is 0. The molecule has 0 amide bonds. The molecule has 1 aromatic heterocycles. The highest BCUT2D eigenvalue weighted by molar-refractivity contribution is 5.30. The number of hydrogen-bond acceptors (Lipinski definition) is 3. The fourth-order valence-corrected chi connectivity index (χ4v) is 3.74. The fourth-order valence-electron chi connectivity index (χ4n) is 3.74. The predicted octanol–water partition coefficient (Wildman–Crippen LogP) is 4.68. The Labute approximate surface area is 157 Å². The van der Waals surface area contributed by atoms with Gasteiger partial charge in [0.15, 0.2) is 5.79 Å². The molecule has 1 aliphatic heterocycles. The van der Waals surface area contributed by atoms with Crippen LogP contribution in [0.25, 0.3) is 0 Å². The zero-order valence-electron chi connectivity index (χ0n) is 16.6. The maximum absolute atomic E-state index is 6.45. The van der Waals surface area contributed by atoms with Crippen molar-refractivity contribution in [1.82, 2.24) is 9.55 Å². The SMILES string of the molecule is CCC1(CC)COC(CCc2ccc(C)cc2C)(Cn2ccnc2)OC1. The maximum Gasteiger partial charge on any atom is 0.186 e. The van der Waals surface area contributed by atoms with Crippen molar-refractivity contribution in [3.8, 4) is 0 Å². The molecule has 0 aliphatic carbocycles. The molecule has 2 aromatic rings. The molecular weight excluding hydrogens is 324 g/mol. The van der Waals surface area contributed by atoms with E-state index in [4.69, 9.17) is 9.47 Å². The Hall–Kier alpha value is -1.65. The van der Waals surface area contributed by atoms with Crippen LogP contribution in [0.2, 0.25) is 0 Å². The molecule has 1 aromatic carbocycles. The molecule has 4 nitrogen and oxygen atoms in total. The third-order valence-electron chi connectivity index (χ3n) is 6.04. The van der Waals surface area contributed by atoms with Crippen LogP contribution in [-0.2, 0) is 22.4 Å². The van der Waals surface area contributed by atoms with Crippen LogP contribution in [0, 0.1) is 19.3 Å². The van der Waals surface area contributed by atoms with E-state index in [2.05, 4.69) is 55.4 Å². The van der Waals surface area contributed by atoms with Crippen LogP contribution in [0.15, 0.2) is 36.9 Å². The first kappa shape index (κ1) is 19.1. The quantitative estimate of drug-likeness (QED) is 0.722. The molecule has 1 fully saturated rings. The normalized spacial score (nSPS) is 18.8. The van der Waals surface area contributed by atoms with E-state index in [1.165, 1.54) is 16.7 Å². The number of nitrogens with zero attached hydrogens (tertiary/aromatic N) is 2. The highest BCUT2D eigenvalue weighted by Crippen LogP contribution is 2.38. The van der Waals surface area contributed by atoms with Gasteiger partial charge in [-0.15, -0.1) is 0 Å². The fraction of sp³-hybridized carbons (Fsp3) is 0.591. The number of imidazole rings is 1. The summed E-state index contributed by atoms with van der Waals surface area (Å²) in [6, 6.07) is 6.67. The van der Waals surface area contributed by atoms with Crippen molar-refractivity contribution in [2.45, 2.75) is 65.7 Å². The summed E-state index contributed by atoms with van der Waals surface area (Å²) in [6.45, 7) is 11.0. The number of aryl methyl sites for hydroxylation is 3. The Morgan fingerprint density at radius 2 is 1.85 bits per heavy atom. The average molecular weight is 357 g/mol. The minimum absolute atomic E-state index is 0.151. The van der Waals surface area contributed by atoms with Gasteiger partial charge in [-0.25, -0.2) is 4.98 Å². The van der Waals surface area contributed by atoms with Crippen molar-refractivity contribution in [1.29, 1.82) is 0 Å². The van der Waals surface area contributed by atoms with Gasteiger partial charge in [0.25, 0.3) is 0 Å². The van der Waals surface area contributed by atoms with E-state index in [1.54, 1.807) is 0 Å². The van der Waals surface area contributed by atoms with Gasteiger partial charge in [0.05, 0.1) is 26.1 Å². The van der Waals surface area contributed by atoms with E-state index in [0.717, 1.165) is 38.9 Å². The zero-order chi connectivity index (χ0) is 18.6. The van der Waals surface area contributed by atoms with Crippen LogP contribution < -0.4 is 0 Å². The molecular formula is C22H32N2O2. The Morgan fingerprint density at radius 1 is 1.12 bits per heavy atom. The molecule has 0 bridgehead atoms. The topological polar surface area (TPSA) is 36.3 Å². The second kappa shape index (κ2) is 7.93. The minimum atomic E-state index is -0.578. The van der Waals surface area contributed by atoms with E-state index in [1.807, 2.05) is 18.7 Å². The van der Waals surface area contributed by atoms with Gasteiger partial charge in [0, 0.05) is 24.2 Å². The van der Waals surface area contributed by atoms with Crippen LogP contribution in [0.5, 0.6) is 0 Å². The molecule has 26 heavy (non-hydrogen) atoms. The number of rotatable bonds is 7. The van der Waals surface area contributed by atoms with Crippen molar-refractivity contribution in [3.63, 3.8) is 0 Å². The largest absolute Gasteiger partial charge is 0.347 e. The van der Waals surface area contributed by atoms with Crippen molar-refractivity contribution < 1.29 is 9.47 Å². The van der Waals surface area contributed by atoms with Gasteiger partial charge in [-0.3, -0.25) is 0 Å². The number of ether oxygens (including phenoxy) is 2. The second-order valence-corrected chi connectivity index (χ2v) is 7.86. The first-order chi connectivity index (χ1) is 12.5. The lowest BCUT2D eigenvalue weighted by Crippen LogP contribution is -2.51. The van der Waals surface area contributed by atoms with E-state index in [9.17, 15) is 0 Å². The number of aromatic nitrogens is 2. The lowest BCUT2D eigenvalue weighted by atomic mass is 9.83. The predicted molar refractivity (Wildman–Crippen MR) is 104 cm³/mol. The first-order valence-electron chi connectivity index (χ1n) is 9.80. The molecule has 2 heterocycles. The Kier molecular flexibility index (Phi) is 5.83. The third-order valence-corrected chi connectivity index (χ3v) is 6.04. The molecule has 4 heteroatoms. The van der Waals surface area contributed by atoms with Crippen LogP contribution in [-0.4, -0.2) is 28.6 Å². The monoisotopic (exact) mass is 356 g/mol. The molecule has 0 atom stereocenters.